The Balaban J connectivity index is 1.75. The number of carbonyl (C=O) groups excluding carboxylic acids is 2. The van der Waals surface area contributed by atoms with E-state index in [9.17, 15) is 18.0 Å². The molecule has 0 saturated heterocycles. The van der Waals surface area contributed by atoms with Gasteiger partial charge in [-0.05, 0) is 35.7 Å². The van der Waals surface area contributed by atoms with Crippen molar-refractivity contribution in [3.8, 4) is 5.75 Å². The van der Waals surface area contributed by atoms with Crippen LogP contribution < -0.4 is 19.3 Å². The molecule has 2 heterocycles. The van der Waals surface area contributed by atoms with Crippen molar-refractivity contribution in [2.75, 3.05) is 34.7 Å². The minimum atomic E-state index is -4.04. The minimum absolute atomic E-state index is 0.1000. The molecule has 2 aromatic carbocycles. The first-order valence-electron chi connectivity index (χ1n) is 9.30. The number of benzene rings is 2. The Labute approximate surface area is 183 Å². The standard InChI is InChI=1S/C21H19N3O5S2/c1-29-18-10-5-4-9-17(18)24(31(27,28)21-11-6-12-30-21)14-20(26)23-13-19(25)22-15-7-2-3-8-16(15)23/h2-12H,13-14H2,1H3,(H,22,25). The van der Waals surface area contributed by atoms with Gasteiger partial charge in [0, 0.05) is 0 Å². The van der Waals surface area contributed by atoms with E-state index in [1.807, 2.05) is 0 Å². The summed E-state index contributed by atoms with van der Waals surface area (Å²) in [5, 5.41) is 4.37. The maximum absolute atomic E-state index is 13.4. The van der Waals surface area contributed by atoms with Crippen molar-refractivity contribution in [2.24, 2.45) is 0 Å². The highest BCUT2D eigenvalue weighted by Gasteiger charge is 2.34. The van der Waals surface area contributed by atoms with E-state index in [0.29, 0.717) is 17.1 Å². The Morgan fingerprint density at radius 2 is 1.87 bits per heavy atom. The number of ether oxygens (including phenoxy) is 1. The molecule has 10 heteroatoms. The van der Waals surface area contributed by atoms with Crippen LogP contribution in [0.5, 0.6) is 5.75 Å². The van der Waals surface area contributed by atoms with Gasteiger partial charge < -0.3 is 10.1 Å². The van der Waals surface area contributed by atoms with Gasteiger partial charge in [0.2, 0.25) is 11.8 Å². The zero-order valence-corrected chi connectivity index (χ0v) is 18.2. The Kier molecular flexibility index (Phi) is 5.66. The summed E-state index contributed by atoms with van der Waals surface area (Å²) in [5.41, 5.74) is 1.25. The van der Waals surface area contributed by atoms with Crippen molar-refractivity contribution in [3.05, 3.63) is 66.0 Å². The number of para-hydroxylation sites is 4. The molecule has 1 N–H and O–H groups in total. The number of sulfonamides is 1. The molecule has 1 aliphatic heterocycles. The lowest BCUT2D eigenvalue weighted by Gasteiger charge is -2.32. The molecule has 2 amide bonds. The molecular formula is C21H19N3O5S2. The van der Waals surface area contributed by atoms with Crippen molar-refractivity contribution in [3.63, 3.8) is 0 Å². The fourth-order valence-corrected chi connectivity index (χ4v) is 5.85. The fraction of sp³-hybridized carbons (Fsp3) is 0.143. The van der Waals surface area contributed by atoms with Crippen LogP contribution in [0, 0.1) is 0 Å². The highest BCUT2D eigenvalue weighted by molar-refractivity contribution is 7.94. The summed E-state index contributed by atoms with van der Waals surface area (Å²) >= 11 is 1.06. The minimum Gasteiger partial charge on any atom is -0.495 e. The van der Waals surface area contributed by atoms with Gasteiger partial charge in [-0.25, -0.2) is 8.42 Å². The lowest BCUT2D eigenvalue weighted by atomic mass is 10.2. The van der Waals surface area contributed by atoms with Crippen molar-refractivity contribution >= 4 is 50.2 Å². The van der Waals surface area contributed by atoms with Gasteiger partial charge in [-0.3, -0.25) is 18.8 Å². The number of methoxy groups -OCH3 is 1. The summed E-state index contributed by atoms with van der Waals surface area (Å²) in [7, 11) is -2.61. The molecule has 1 aromatic heterocycles. The van der Waals surface area contributed by atoms with Gasteiger partial charge in [0.1, 0.15) is 23.0 Å². The van der Waals surface area contributed by atoms with Crippen molar-refractivity contribution in [2.45, 2.75) is 4.21 Å². The summed E-state index contributed by atoms with van der Waals surface area (Å²) in [6, 6.07) is 16.6. The van der Waals surface area contributed by atoms with Gasteiger partial charge in [0.05, 0.1) is 24.2 Å². The molecule has 0 unspecified atom stereocenters. The largest absolute Gasteiger partial charge is 0.495 e. The zero-order chi connectivity index (χ0) is 22.0. The van der Waals surface area contributed by atoms with Gasteiger partial charge in [0.25, 0.3) is 10.0 Å². The number of hydrogen-bond donors (Lipinski definition) is 1. The van der Waals surface area contributed by atoms with Gasteiger partial charge in [-0.2, -0.15) is 0 Å². The van der Waals surface area contributed by atoms with Crippen molar-refractivity contribution in [1.82, 2.24) is 0 Å². The predicted molar refractivity (Wildman–Crippen MR) is 119 cm³/mol. The number of nitrogens with one attached hydrogen (secondary N) is 1. The maximum atomic E-state index is 13.4. The van der Waals surface area contributed by atoms with E-state index in [-0.39, 0.29) is 22.3 Å². The lowest BCUT2D eigenvalue weighted by Crippen LogP contribution is -2.48. The molecular weight excluding hydrogens is 438 g/mol. The normalized spacial score (nSPS) is 13.3. The second kappa shape index (κ2) is 8.40. The van der Waals surface area contributed by atoms with Crippen molar-refractivity contribution in [1.29, 1.82) is 0 Å². The number of anilines is 3. The van der Waals surface area contributed by atoms with E-state index < -0.39 is 22.5 Å². The Morgan fingerprint density at radius 1 is 1.13 bits per heavy atom. The molecule has 31 heavy (non-hydrogen) atoms. The predicted octanol–water partition coefficient (Wildman–Crippen LogP) is 2.94. The van der Waals surface area contributed by atoms with Crippen LogP contribution in [-0.4, -0.2) is 40.4 Å². The van der Waals surface area contributed by atoms with Crippen molar-refractivity contribution < 1.29 is 22.7 Å². The third-order valence-electron chi connectivity index (χ3n) is 4.74. The maximum Gasteiger partial charge on any atom is 0.274 e. The summed E-state index contributed by atoms with van der Waals surface area (Å²) < 4.78 is 33.3. The van der Waals surface area contributed by atoms with Crippen LogP contribution >= 0.6 is 11.3 Å². The number of carbonyl (C=O) groups is 2. The topological polar surface area (TPSA) is 96.0 Å². The van der Waals surface area contributed by atoms with Crippen LogP contribution in [0.1, 0.15) is 0 Å². The van der Waals surface area contributed by atoms with E-state index >= 15 is 0 Å². The fourth-order valence-electron chi connectivity index (χ4n) is 3.32. The van der Waals surface area contributed by atoms with Gasteiger partial charge in [-0.1, -0.05) is 30.3 Å². The van der Waals surface area contributed by atoms with Gasteiger partial charge in [-0.15, -0.1) is 11.3 Å². The summed E-state index contributed by atoms with van der Waals surface area (Å²) in [5.74, 6) is -0.572. The number of fused-ring (bicyclic) bond motifs is 1. The van der Waals surface area contributed by atoms with Crippen LogP contribution in [0.3, 0.4) is 0 Å². The average Bonchev–Trinajstić information content (AvgIpc) is 3.32. The Bertz CT molecular complexity index is 1230. The highest BCUT2D eigenvalue weighted by Crippen LogP contribution is 2.34. The number of hydrogen-bond acceptors (Lipinski definition) is 6. The SMILES string of the molecule is COc1ccccc1N(CC(=O)N1CC(=O)Nc2ccccc21)S(=O)(=O)c1cccs1. The van der Waals surface area contributed by atoms with E-state index in [4.69, 9.17) is 4.74 Å². The zero-order valence-electron chi connectivity index (χ0n) is 16.5. The molecule has 0 aliphatic carbocycles. The van der Waals surface area contributed by atoms with Crippen LogP contribution in [-0.2, 0) is 19.6 Å². The third kappa shape index (κ3) is 3.99. The molecule has 160 valence electrons. The molecule has 4 rings (SSSR count). The molecule has 8 nitrogen and oxygen atoms in total. The molecule has 1 aliphatic rings. The number of nitrogens with zero attached hydrogens (tertiary/aromatic N) is 2. The molecule has 0 bridgehead atoms. The first-order valence-corrected chi connectivity index (χ1v) is 11.6. The second-order valence-corrected chi connectivity index (χ2v) is 9.70. The average molecular weight is 458 g/mol. The van der Waals surface area contributed by atoms with Crippen LogP contribution in [0.2, 0.25) is 0 Å². The molecule has 0 saturated carbocycles. The molecule has 0 atom stereocenters. The van der Waals surface area contributed by atoms with Crippen LogP contribution in [0.25, 0.3) is 0 Å². The van der Waals surface area contributed by atoms with Crippen LogP contribution in [0.15, 0.2) is 70.3 Å². The van der Waals surface area contributed by atoms with Gasteiger partial charge in [0.15, 0.2) is 0 Å². The summed E-state index contributed by atoms with van der Waals surface area (Å²) in [6.07, 6.45) is 0. The van der Waals surface area contributed by atoms with Gasteiger partial charge >= 0.3 is 0 Å². The number of amides is 2. The highest BCUT2D eigenvalue weighted by atomic mass is 32.2. The smallest absolute Gasteiger partial charge is 0.274 e. The van der Waals surface area contributed by atoms with E-state index in [1.54, 1.807) is 60.0 Å². The number of rotatable bonds is 6. The third-order valence-corrected chi connectivity index (χ3v) is 7.88. The first kappa shape index (κ1) is 20.9. The van der Waals surface area contributed by atoms with E-state index in [1.165, 1.54) is 18.1 Å². The van der Waals surface area contributed by atoms with Crippen LogP contribution in [0.4, 0.5) is 17.1 Å². The molecule has 3 aromatic rings. The quantitative estimate of drug-likeness (QED) is 0.614. The lowest BCUT2D eigenvalue weighted by molar-refractivity contribution is -0.121. The monoisotopic (exact) mass is 457 g/mol. The molecule has 0 fully saturated rings. The Hall–Kier alpha value is -3.37. The summed E-state index contributed by atoms with van der Waals surface area (Å²) in [6.45, 7) is -0.698. The second-order valence-electron chi connectivity index (χ2n) is 6.66. The summed E-state index contributed by atoms with van der Waals surface area (Å²) in [4.78, 5) is 26.7. The molecule has 0 spiro atoms. The Morgan fingerprint density at radius 3 is 2.61 bits per heavy atom. The number of thiophene rings is 1. The van der Waals surface area contributed by atoms with E-state index in [2.05, 4.69) is 5.32 Å². The first-order chi connectivity index (χ1) is 14.9. The van der Waals surface area contributed by atoms with E-state index in [0.717, 1.165) is 15.6 Å². The molecule has 0 radical (unpaired) electrons.